The number of rotatable bonds is 6. The maximum atomic E-state index is 12.6. The Bertz CT molecular complexity index is 1040. The number of thiophene rings is 2. The lowest BCUT2D eigenvalue weighted by Crippen LogP contribution is -2.25. The Morgan fingerprint density at radius 2 is 2.15 bits per heavy atom. The summed E-state index contributed by atoms with van der Waals surface area (Å²) in [7, 11) is 1.96. The molecule has 0 saturated carbocycles. The van der Waals surface area contributed by atoms with Gasteiger partial charge >= 0.3 is 5.97 Å². The lowest BCUT2D eigenvalue weighted by Gasteiger charge is -2.23. The van der Waals surface area contributed by atoms with Gasteiger partial charge in [-0.15, -0.1) is 22.7 Å². The number of carbonyl (C=O) groups is 1. The quantitative estimate of drug-likeness (QED) is 0.593. The van der Waals surface area contributed by atoms with Gasteiger partial charge in [-0.25, -0.2) is 9.78 Å². The largest absolute Gasteiger partial charge is 0.462 e. The standard InChI is InChI=1S/C18H20ClN3O3S2/c1-5-25-18(24)14-9(2)13-16(23)20-15(21-17(13)27-14)10(3)22(4)8-11-6-7-12(19)26-11/h6-7,10H,5,8H2,1-4H3,(H,20,21,23). The van der Waals surface area contributed by atoms with Crippen LogP contribution in [-0.2, 0) is 11.3 Å². The number of halogens is 1. The third-order valence-corrected chi connectivity index (χ3v) is 6.75. The molecule has 1 N–H and O–H groups in total. The van der Waals surface area contributed by atoms with Crippen molar-refractivity contribution in [1.29, 1.82) is 0 Å². The molecule has 3 aromatic heterocycles. The molecule has 0 fully saturated rings. The van der Waals surface area contributed by atoms with Gasteiger partial charge in [-0.1, -0.05) is 11.6 Å². The van der Waals surface area contributed by atoms with E-state index in [9.17, 15) is 9.59 Å². The fourth-order valence-corrected chi connectivity index (χ4v) is 5.01. The molecule has 1 atom stereocenters. The van der Waals surface area contributed by atoms with Gasteiger partial charge in [0.15, 0.2) is 0 Å². The van der Waals surface area contributed by atoms with Crippen molar-refractivity contribution in [3.05, 3.63) is 48.0 Å². The molecule has 0 amide bonds. The van der Waals surface area contributed by atoms with Crippen LogP contribution in [0.25, 0.3) is 10.2 Å². The summed E-state index contributed by atoms with van der Waals surface area (Å²) in [5.41, 5.74) is 0.377. The average Bonchev–Trinajstić information content (AvgIpc) is 3.17. The van der Waals surface area contributed by atoms with Crippen LogP contribution in [0, 0.1) is 6.92 Å². The summed E-state index contributed by atoms with van der Waals surface area (Å²) in [4.78, 5) is 36.4. The topological polar surface area (TPSA) is 75.3 Å². The molecule has 0 aliphatic carbocycles. The maximum Gasteiger partial charge on any atom is 0.348 e. The molecular weight excluding hydrogens is 406 g/mol. The van der Waals surface area contributed by atoms with Crippen LogP contribution < -0.4 is 5.56 Å². The van der Waals surface area contributed by atoms with Crippen LogP contribution in [0.2, 0.25) is 4.34 Å². The summed E-state index contributed by atoms with van der Waals surface area (Å²) >= 11 is 8.72. The first-order chi connectivity index (χ1) is 12.8. The Morgan fingerprint density at radius 1 is 1.41 bits per heavy atom. The van der Waals surface area contributed by atoms with E-state index in [1.54, 1.807) is 13.8 Å². The molecule has 0 aliphatic heterocycles. The highest BCUT2D eigenvalue weighted by molar-refractivity contribution is 7.20. The fourth-order valence-electron chi connectivity index (χ4n) is 2.78. The number of nitrogens with one attached hydrogen (secondary N) is 1. The first-order valence-corrected chi connectivity index (χ1v) is 10.5. The number of H-pyrrole nitrogens is 1. The van der Waals surface area contributed by atoms with Gasteiger partial charge < -0.3 is 9.72 Å². The normalized spacial score (nSPS) is 12.7. The Labute approximate surface area is 169 Å². The summed E-state index contributed by atoms with van der Waals surface area (Å²) in [6.07, 6.45) is 0. The van der Waals surface area contributed by atoms with E-state index in [-0.39, 0.29) is 18.2 Å². The van der Waals surface area contributed by atoms with E-state index in [1.165, 1.54) is 22.7 Å². The molecule has 6 nitrogen and oxygen atoms in total. The summed E-state index contributed by atoms with van der Waals surface area (Å²) in [6.45, 7) is 6.46. The number of hydrogen-bond acceptors (Lipinski definition) is 7. The number of aryl methyl sites for hydroxylation is 1. The predicted octanol–water partition coefficient (Wildman–Crippen LogP) is 4.38. The second kappa shape index (κ2) is 8.10. The number of aromatic nitrogens is 2. The van der Waals surface area contributed by atoms with Crippen LogP contribution >= 0.6 is 34.3 Å². The maximum absolute atomic E-state index is 12.6. The molecule has 0 radical (unpaired) electrons. The molecule has 0 saturated heterocycles. The van der Waals surface area contributed by atoms with Gasteiger partial charge in [-0.2, -0.15) is 0 Å². The molecule has 3 rings (SSSR count). The second-order valence-corrected chi connectivity index (χ2v) is 9.00. The van der Waals surface area contributed by atoms with Crippen LogP contribution in [0.4, 0.5) is 0 Å². The van der Waals surface area contributed by atoms with Gasteiger partial charge in [0, 0.05) is 11.4 Å². The van der Waals surface area contributed by atoms with Crippen LogP contribution in [-0.4, -0.2) is 34.5 Å². The molecule has 1 unspecified atom stereocenters. The Kier molecular flexibility index (Phi) is 6.00. The fraction of sp³-hybridized carbons (Fsp3) is 0.389. The molecule has 144 valence electrons. The monoisotopic (exact) mass is 425 g/mol. The molecule has 0 aliphatic rings. The lowest BCUT2D eigenvalue weighted by atomic mass is 10.2. The average molecular weight is 426 g/mol. The zero-order valence-electron chi connectivity index (χ0n) is 15.5. The Hall–Kier alpha value is -1.74. The number of hydrogen-bond donors (Lipinski definition) is 1. The van der Waals surface area contributed by atoms with E-state index >= 15 is 0 Å². The van der Waals surface area contributed by atoms with Crippen molar-refractivity contribution in [3.8, 4) is 0 Å². The minimum atomic E-state index is -0.418. The van der Waals surface area contributed by atoms with Crippen LogP contribution in [0.3, 0.4) is 0 Å². The van der Waals surface area contributed by atoms with Crippen molar-refractivity contribution in [2.75, 3.05) is 13.7 Å². The second-order valence-electron chi connectivity index (χ2n) is 6.20. The molecule has 3 aromatic rings. The minimum absolute atomic E-state index is 0.114. The number of nitrogens with zero attached hydrogens (tertiary/aromatic N) is 2. The molecule has 3 heterocycles. The third-order valence-electron chi connectivity index (χ3n) is 4.37. The van der Waals surface area contributed by atoms with Crippen molar-refractivity contribution in [2.24, 2.45) is 0 Å². The van der Waals surface area contributed by atoms with Crippen molar-refractivity contribution in [2.45, 2.75) is 33.4 Å². The number of carbonyl (C=O) groups excluding carboxylic acids is 1. The van der Waals surface area contributed by atoms with E-state index in [2.05, 4.69) is 14.9 Å². The van der Waals surface area contributed by atoms with Crippen molar-refractivity contribution < 1.29 is 9.53 Å². The van der Waals surface area contributed by atoms with Gasteiger partial charge in [-0.05, 0) is 45.5 Å². The highest BCUT2D eigenvalue weighted by Gasteiger charge is 2.22. The molecule has 0 spiro atoms. The Balaban J connectivity index is 1.93. The summed E-state index contributed by atoms with van der Waals surface area (Å²) < 4.78 is 5.83. The number of ether oxygens (including phenoxy) is 1. The van der Waals surface area contributed by atoms with Crippen LogP contribution in [0.5, 0.6) is 0 Å². The highest BCUT2D eigenvalue weighted by atomic mass is 35.5. The number of aromatic amines is 1. The zero-order valence-corrected chi connectivity index (χ0v) is 17.8. The van der Waals surface area contributed by atoms with Crippen molar-refractivity contribution >= 4 is 50.5 Å². The third kappa shape index (κ3) is 4.08. The van der Waals surface area contributed by atoms with E-state index < -0.39 is 5.97 Å². The lowest BCUT2D eigenvalue weighted by molar-refractivity contribution is 0.0531. The van der Waals surface area contributed by atoms with Crippen molar-refractivity contribution in [1.82, 2.24) is 14.9 Å². The molecule has 0 aromatic carbocycles. The molecule has 0 bridgehead atoms. The van der Waals surface area contributed by atoms with Gasteiger partial charge in [-0.3, -0.25) is 9.69 Å². The molecule has 27 heavy (non-hydrogen) atoms. The van der Waals surface area contributed by atoms with E-state index in [4.69, 9.17) is 16.3 Å². The number of esters is 1. The first kappa shape index (κ1) is 20.0. The highest BCUT2D eigenvalue weighted by Crippen LogP contribution is 2.29. The van der Waals surface area contributed by atoms with E-state index in [0.717, 1.165) is 9.21 Å². The number of fused-ring (bicyclic) bond motifs is 1. The zero-order chi connectivity index (χ0) is 19.7. The smallest absolute Gasteiger partial charge is 0.348 e. The van der Waals surface area contributed by atoms with E-state index in [0.29, 0.717) is 33.0 Å². The Morgan fingerprint density at radius 3 is 2.78 bits per heavy atom. The van der Waals surface area contributed by atoms with Crippen LogP contribution in [0.1, 0.15) is 45.8 Å². The van der Waals surface area contributed by atoms with Gasteiger partial charge in [0.1, 0.15) is 15.5 Å². The summed E-state index contributed by atoms with van der Waals surface area (Å²) in [6, 6.07) is 3.75. The molecular formula is C18H20ClN3O3S2. The van der Waals surface area contributed by atoms with Gasteiger partial charge in [0.2, 0.25) is 0 Å². The first-order valence-electron chi connectivity index (χ1n) is 8.46. The predicted molar refractivity (Wildman–Crippen MR) is 110 cm³/mol. The van der Waals surface area contributed by atoms with Gasteiger partial charge in [0.25, 0.3) is 5.56 Å². The SMILES string of the molecule is CCOC(=O)c1sc2nc(C(C)N(C)Cc3ccc(Cl)s3)[nH]c(=O)c2c1C. The summed E-state index contributed by atoms with van der Waals surface area (Å²) in [5, 5.41) is 0.451. The molecule has 9 heteroatoms. The van der Waals surface area contributed by atoms with Crippen LogP contribution in [0.15, 0.2) is 16.9 Å². The van der Waals surface area contributed by atoms with Crippen molar-refractivity contribution in [3.63, 3.8) is 0 Å². The van der Waals surface area contributed by atoms with E-state index in [1.807, 2.05) is 26.1 Å². The minimum Gasteiger partial charge on any atom is -0.462 e. The van der Waals surface area contributed by atoms with Gasteiger partial charge in [0.05, 0.1) is 22.4 Å². The summed E-state index contributed by atoms with van der Waals surface area (Å²) in [5.74, 6) is 0.146.